The number of ether oxygens (including phenoxy) is 2. The van der Waals surface area contributed by atoms with Crippen molar-refractivity contribution in [3.05, 3.63) is 40.4 Å². The van der Waals surface area contributed by atoms with E-state index in [2.05, 4.69) is 5.32 Å². The van der Waals surface area contributed by atoms with Gasteiger partial charge < -0.3 is 20.5 Å². The molecule has 2 aromatic rings. The summed E-state index contributed by atoms with van der Waals surface area (Å²) in [6.45, 7) is 4.64. The third-order valence-electron chi connectivity index (χ3n) is 3.24. The van der Waals surface area contributed by atoms with Gasteiger partial charge in [-0.05, 0) is 32.0 Å². The van der Waals surface area contributed by atoms with Crippen LogP contribution in [0.1, 0.15) is 13.8 Å². The number of nitrogens with one attached hydrogen (secondary N) is 1. The lowest BCUT2D eigenvalue weighted by atomic mass is 10.2. The maximum Gasteiger partial charge on any atom is 0.234 e. The predicted octanol–water partition coefficient (Wildman–Crippen LogP) is 5.10. The van der Waals surface area contributed by atoms with Gasteiger partial charge in [0.1, 0.15) is 11.5 Å². The fraction of sp³-hybridized carbons (Fsp3) is 0.278. The van der Waals surface area contributed by atoms with E-state index in [0.29, 0.717) is 46.1 Å². The number of halogens is 2. The van der Waals surface area contributed by atoms with Gasteiger partial charge in [-0.25, -0.2) is 0 Å². The molecule has 0 bridgehead atoms. The first-order valence-corrected chi connectivity index (χ1v) is 9.75. The van der Waals surface area contributed by atoms with Crippen molar-refractivity contribution < 1.29 is 14.3 Å². The van der Waals surface area contributed by atoms with Crippen LogP contribution in [0.3, 0.4) is 0 Å². The lowest BCUT2D eigenvalue weighted by Gasteiger charge is -2.15. The fourth-order valence-corrected chi connectivity index (χ4v) is 3.44. The molecule has 140 valence electrons. The largest absolute Gasteiger partial charge is 0.492 e. The highest BCUT2D eigenvalue weighted by Gasteiger charge is 2.14. The Labute approximate surface area is 167 Å². The van der Waals surface area contributed by atoms with Gasteiger partial charge in [-0.1, -0.05) is 23.2 Å². The first-order chi connectivity index (χ1) is 12.4. The second-order valence-corrected chi connectivity index (χ2v) is 7.02. The minimum atomic E-state index is -0.200. The van der Waals surface area contributed by atoms with Gasteiger partial charge in [0.2, 0.25) is 5.91 Å². The van der Waals surface area contributed by atoms with Crippen LogP contribution in [-0.2, 0) is 4.79 Å². The Morgan fingerprint density at radius 1 is 1.12 bits per heavy atom. The third kappa shape index (κ3) is 5.62. The summed E-state index contributed by atoms with van der Waals surface area (Å²) in [4.78, 5) is 13.1. The molecule has 0 aliphatic heterocycles. The summed E-state index contributed by atoms with van der Waals surface area (Å²) >= 11 is 13.3. The molecule has 1 amide bonds. The van der Waals surface area contributed by atoms with Crippen molar-refractivity contribution in [1.82, 2.24) is 0 Å². The summed E-state index contributed by atoms with van der Waals surface area (Å²) in [6.07, 6.45) is 0. The molecule has 0 aliphatic carbocycles. The SMILES string of the molecule is CCOc1cc(NC(=O)CSc2ccc(Cl)cc2Cl)c(OCC)cc1N. The van der Waals surface area contributed by atoms with E-state index >= 15 is 0 Å². The smallest absolute Gasteiger partial charge is 0.234 e. The number of amides is 1. The summed E-state index contributed by atoms with van der Waals surface area (Å²) in [6, 6.07) is 8.47. The van der Waals surface area contributed by atoms with Crippen molar-refractivity contribution in [2.75, 3.05) is 30.0 Å². The molecule has 0 saturated carbocycles. The number of hydrogen-bond acceptors (Lipinski definition) is 5. The number of rotatable bonds is 8. The maximum absolute atomic E-state index is 12.3. The molecule has 2 aromatic carbocycles. The highest BCUT2D eigenvalue weighted by molar-refractivity contribution is 8.00. The van der Waals surface area contributed by atoms with Crippen molar-refractivity contribution in [2.45, 2.75) is 18.7 Å². The van der Waals surface area contributed by atoms with Gasteiger partial charge in [0.05, 0.1) is 35.4 Å². The number of nitrogen functional groups attached to an aromatic ring is 1. The summed E-state index contributed by atoms with van der Waals surface area (Å²) < 4.78 is 11.0. The van der Waals surface area contributed by atoms with Gasteiger partial charge in [-0.2, -0.15) is 0 Å². The van der Waals surface area contributed by atoms with Gasteiger partial charge in [0.25, 0.3) is 0 Å². The molecule has 0 unspecified atom stereocenters. The van der Waals surface area contributed by atoms with Crippen molar-refractivity contribution in [3.63, 3.8) is 0 Å². The Hall–Kier alpha value is -1.76. The molecule has 0 heterocycles. The molecule has 0 fully saturated rings. The summed E-state index contributed by atoms with van der Waals surface area (Å²) in [5, 5.41) is 3.89. The van der Waals surface area contributed by atoms with Crippen LogP contribution in [0.4, 0.5) is 11.4 Å². The number of thioether (sulfide) groups is 1. The van der Waals surface area contributed by atoms with Gasteiger partial charge in [0.15, 0.2) is 0 Å². The van der Waals surface area contributed by atoms with Gasteiger partial charge >= 0.3 is 0 Å². The van der Waals surface area contributed by atoms with Gasteiger partial charge in [-0.15, -0.1) is 11.8 Å². The molecular formula is C18H20Cl2N2O3S. The molecular weight excluding hydrogens is 395 g/mol. The third-order valence-corrected chi connectivity index (χ3v) is 4.97. The second kappa shape index (κ2) is 9.80. The first kappa shape index (κ1) is 20.6. The van der Waals surface area contributed by atoms with Crippen LogP contribution in [0, 0.1) is 0 Å². The molecule has 0 saturated heterocycles. The Morgan fingerprint density at radius 2 is 1.81 bits per heavy atom. The molecule has 0 spiro atoms. The zero-order valence-corrected chi connectivity index (χ0v) is 16.8. The highest BCUT2D eigenvalue weighted by Crippen LogP contribution is 2.35. The molecule has 2 rings (SSSR count). The molecule has 3 N–H and O–H groups in total. The van der Waals surface area contributed by atoms with E-state index in [1.807, 2.05) is 13.8 Å². The van der Waals surface area contributed by atoms with Gasteiger partial charge in [-0.3, -0.25) is 4.79 Å². The Balaban J connectivity index is 2.10. The average Bonchev–Trinajstić information content (AvgIpc) is 2.58. The Kier molecular flexibility index (Phi) is 7.75. The Morgan fingerprint density at radius 3 is 2.46 bits per heavy atom. The minimum absolute atomic E-state index is 0.182. The summed E-state index contributed by atoms with van der Waals surface area (Å²) in [5.74, 6) is 0.978. The van der Waals surface area contributed by atoms with E-state index in [-0.39, 0.29) is 11.7 Å². The maximum atomic E-state index is 12.3. The molecule has 0 atom stereocenters. The molecule has 5 nitrogen and oxygen atoms in total. The lowest BCUT2D eigenvalue weighted by molar-refractivity contribution is -0.113. The van der Waals surface area contributed by atoms with E-state index in [1.54, 1.807) is 30.3 Å². The van der Waals surface area contributed by atoms with E-state index in [0.717, 1.165) is 4.90 Å². The standard InChI is InChI=1S/C18H20Cl2N2O3S/c1-3-24-15-9-14(16(25-4-2)8-13(15)21)22-18(23)10-26-17-6-5-11(19)7-12(17)20/h5-9H,3-4,10,21H2,1-2H3,(H,22,23). The lowest BCUT2D eigenvalue weighted by Crippen LogP contribution is -2.15. The average molecular weight is 415 g/mol. The van der Waals surface area contributed by atoms with Crippen LogP contribution in [0.5, 0.6) is 11.5 Å². The van der Waals surface area contributed by atoms with E-state index in [1.165, 1.54) is 11.8 Å². The normalized spacial score (nSPS) is 10.5. The zero-order valence-electron chi connectivity index (χ0n) is 14.5. The number of nitrogens with two attached hydrogens (primary N) is 1. The van der Waals surface area contributed by atoms with Crippen LogP contribution in [0.15, 0.2) is 35.2 Å². The van der Waals surface area contributed by atoms with Crippen LogP contribution in [0.25, 0.3) is 0 Å². The van der Waals surface area contributed by atoms with Gasteiger partial charge in [0, 0.05) is 22.1 Å². The number of anilines is 2. The zero-order chi connectivity index (χ0) is 19.1. The first-order valence-electron chi connectivity index (χ1n) is 8.01. The quantitative estimate of drug-likeness (QED) is 0.463. The number of carbonyl (C=O) groups excluding carboxylic acids is 1. The van der Waals surface area contributed by atoms with E-state index in [4.69, 9.17) is 38.4 Å². The highest BCUT2D eigenvalue weighted by atomic mass is 35.5. The molecule has 0 aromatic heterocycles. The molecule has 0 aliphatic rings. The monoisotopic (exact) mass is 414 g/mol. The summed E-state index contributed by atoms with van der Waals surface area (Å²) in [7, 11) is 0. The minimum Gasteiger partial charge on any atom is -0.492 e. The van der Waals surface area contributed by atoms with Crippen molar-refractivity contribution in [2.24, 2.45) is 0 Å². The van der Waals surface area contributed by atoms with Crippen molar-refractivity contribution in [3.8, 4) is 11.5 Å². The van der Waals surface area contributed by atoms with Crippen LogP contribution < -0.4 is 20.5 Å². The Bertz CT molecular complexity index is 787. The summed E-state index contributed by atoms with van der Waals surface area (Å²) in [5.41, 5.74) is 6.92. The number of hydrogen-bond donors (Lipinski definition) is 2. The van der Waals surface area contributed by atoms with Crippen molar-refractivity contribution >= 4 is 52.2 Å². The van der Waals surface area contributed by atoms with Crippen LogP contribution in [-0.4, -0.2) is 24.9 Å². The van der Waals surface area contributed by atoms with E-state index in [9.17, 15) is 4.79 Å². The van der Waals surface area contributed by atoms with Crippen LogP contribution >= 0.6 is 35.0 Å². The predicted molar refractivity (Wildman–Crippen MR) is 109 cm³/mol. The fourth-order valence-electron chi connectivity index (χ4n) is 2.15. The molecule has 0 radical (unpaired) electrons. The van der Waals surface area contributed by atoms with Crippen LogP contribution in [0.2, 0.25) is 10.0 Å². The van der Waals surface area contributed by atoms with Crippen molar-refractivity contribution in [1.29, 1.82) is 0 Å². The number of carbonyl (C=O) groups is 1. The van der Waals surface area contributed by atoms with E-state index < -0.39 is 0 Å². The molecule has 26 heavy (non-hydrogen) atoms. The second-order valence-electron chi connectivity index (χ2n) is 5.16. The number of benzene rings is 2. The topological polar surface area (TPSA) is 73.6 Å². The molecule has 8 heteroatoms.